The maximum absolute atomic E-state index is 12.5. The lowest BCUT2D eigenvalue weighted by molar-refractivity contribution is 0.103. The minimum Gasteiger partial charge on any atom is -0.289 e. The van der Waals surface area contributed by atoms with Crippen molar-refractivity contribution in [2.75, 3.05) is 12.1 Å². The Hall–Kier alpha value is -2.49. The van der Waals surface area contributed by atoms with Crippen LogP contribution < -0.4 is 5.01 Å². The van der Waals surface area contributed by atoms with Crippen molar-refractivity contribution >= 4 is 11.5 Å². The molecule has 4 heteroatoms. The lowest BCUT2D eigenvalue weighted by atomic mass is 9.99. The molecule has 4 nitrogen and oxygen atoms in total. The van der Waals surface area contributed by atoms with Crippen molar-refractivity contribution in [1.82, 2.24) is 0 Å². The van der Waals surface area contributed by atoms with Crippen molar-refractivity contribution < 1.29 is 4.79 Å². The minimum absolute atomic E-state index is 0.116. The fraction of sp³-hybridized carbons (Fsp3) is 0.133. The van der Waals surface area contributed by atoms with E-state index in [4.69, 9.17) is 0 Å². The molecule has 0 bridgehead atoms. The van der Waals surface area contributed by atoms with Crippen molar-refractivity contribution in [2.45, 2.75) is 6.92 Å². The average molecular weight is 254 g/mol. The monoisotopic (exact) mass is 254 g/mol. The van der Waals surface area contributed by atoms with Gasteiger partial charge < -0.3 is 0 Å². The van der Waals surface area contributed by atoms with Gasteiger partial charge in [0.1, 0.15) is 0 Å². The van der Waals surface area contributed by atoms with Crippen LogP contribution >= 0.6 is 0 Å². The summed E-state index contributed by atoms with van der Waals surface area (Å²) in [7, 11) is 1.54. The van der Waals surface area contributed by atoms with Crippen LogP contribution in [0.3, 0.4) is 0 Å². The zero-order chi connectivity index (χ0) is 13.8. The smallest absolute Gasteiger partial charge is 0.195 e. The predicted octanol–water partition coefficient (Wildman–Crippen LogP) is 3.34. The standard InChI is InChI=1S/C15H14N2O2/c1-11-7-6-10-13(14(11)17(2)16-19)15(18)12-8-4-3-5-9-12/h3-10H,1-2H3. The van der Waals surface area contributed by atoms with Gasteiger partial charge in [0.25, 0.3) is 0 Å². The third-order valence-corrected chi connectivity index (χ3v) is 2.96. The van der Waals surface area contributed by atoms with Gasteiger partial charge in [-0.15, -0.1) is 4.91 Å². The summed E-state index contributed by atoms with van der Waals surface area (Å²) in [6.07, 6.45) is 0. The Labute approximate surface area is 111 Å². The highest BCUT2D eigenvalue weighted by Crippen LogP contribution is 2.26. The molecule has 2 rings (SSSR count). The Balaban J connectivity index is 2.54. The molecule has 0 aromatic heterocycles. The van der Waals surface area contributed by atoms with Crippen LogP contribution in [-0.2, 0) is 0 Å². The highest BCUT2D eigenvalue weighted by Gasteiger charge is 2.18. The van der Waals surface area contributed by atoms with E-state index in [0.717, 1.165) is 5.56 Å². The van der Waals surface area contributed by atoms with Crippen LogP contribution in [0.15, 0.2) is 53.8 Å². The third-order valence-electron chi connectivity index (χ3n) is 2.96. The molecule has 0 saturated carbocycles. The molecule has 0 radical (unpaired) electrons. The van der Waals surface area contributed by atoms with E-state index in [1.165, 1.54) is 12.1 Å². The first kappa shape index (κ1) is 13.0. The van der Waals surface area contributed by atoms with E-state index >= 15 is 0 Å². The molecule has 0 atom stereocenters. The highest BCUT2D eigenvalue weighted by atomic mass is 16.3. The molecule has 0 spiro atoms. The fourth-order valence-corrected chi connectivity index (χ4v) is 2.06. The lowest BCUT2D eigenvalue weighted by Gasteiger charge is -2.16. The Bertz CT molecular complexity index is 609. The Kier molecular flexibility index (Phi) is 3.71. The number of carbonyl (C=O) groups is 1. The van der Waals surface area contributed by atoms with Crippen LogP contribution in [0.4, 0.5) is 5.69 Å². The normalized spacial score (nSPS) is 10.0. The molecule has 96 valence electrons. The number of hydrogen-bond acceptors (Lipinski definition) is 3. The molecule has 0 heterocycles. The number of aryl methyl sites for hydroxylation is 1. The van der Waals surface area contributed by atoms with Crippen LogP contribution in [0.5, 0.6) is 0 Å². The van der Waals surface area contributed by atoms with Gasteiger partial charge in [-0.25, -0.2) is 5.01 Å². The number of ketones is 1. The maximum Gasteiger partial charge on any atom is 0.195 e. The van der Waals surface area contributed by atoms with E-state index < -0.39 is 0 Å². The Morgan fingerprint density at radius 1 is 1.05 bits per heavy atom. The first-order valence-corrected chi connectivity index (χ1v) is 5.91. The zero-order valence-corrected chi connectivity index (χ0v) is 10.8. The summed E-state index contributed by atoms with van der Waals surface area (Å²) in [5.74, 6) is -0.116. The maximum atomic E-state index is 12.5. The predicted molar refractivity (Wildman–Crippen MR) is 75.3 cm³/mol. The van der Waals surface area contributed by atoms with Gasteiger partial charge in [-0.05, 0) is 18.6 Å². The van der Waals surface area contributed by atoms with Gasteiger partial charge in [-0.2, -0.15) is 0 Å². The number of hydrogen-bond donors (Lipinski definition) is 0. The van der Waals surface area contributed by atoms with Crippen LogP contribution in [0, 0.1) is 11.8 Å². The number of para-hydroxylation sites is 1. The molecule has 0 aliphatic heterocycles. The van der Waals surface area contributed by atoms with E-state index in [9.17, 15) is 9.70 Å². The summed E-state index contributed by atoms with van der Waals surface area (Å²) in [6, 6.07) is 14.3. The topological polar surface area (TPSA) is 49.7 Å². The highest BCUT2D eigenvalue weighted by molar-refractivity contribution is 6.12. The molecule has 0 N–H and O–H groups in total. The van der Waals surface area contributed by atoms with E-state index in [1.54, 1.807) is 24.3 Å². The van der Waals surface area contributed by atoms with Crippen LogP contribution in [0.1, 0.15) is 21.5 Å². The van der Waals surface area contributed by atoms with Crippen molar-refractivity contribution in [3.05, 3.63) is 70.1 Å². The van der Waals surface area contributed by atoms with Gasteiger partial charge in [0, 0.05) is 18.2 Å². The van der Waals surface area contributed by atoms with Crippen molar-refractivity contribution in [3.8, 4) is 0 Å². The third kappa shape index (κ3) is 2.52. The molecule has 2 aromatic rings. The summed E-state index contributed by atoms with van der Waals surface area (Å²) >= 11 is 0. The fourth-order valence-electron chi connectivity index (χ4n) is 2.06. The summed E-state index contributed by atoms with van der Waals surface area (Å²) in [5.41, 5.74) is 2.46. The summed E-state index contributed by atoms with van der Waals surface area (Å²) in [5, 5.41) is 4.07. The Morgan fingerprint density at radius 3 is 2.37 bits per heavy atom. The van der Waals surface area contributed by atoms with E-state index in [-0.39, 0.29) is 5.78 Å². The molecular formula is C15H14N2O2. The quantitative estimate of drug-likeness (QED) is 0.477. The van der Waals surface area contributed by atoms with Gasteiger partial charge in [-0.1, -0.05) is 42.5 Å². The SMILES string of the molecule is Cc1cccc(C(=O)c2ccccc2)c1N(C)N=O. The second kappa shape index (κ2) is 5.44. The molecule has 0 saturated heterocycles. The zero-order valence-electron chi connectivity index (χ0n) is 10.8. The molecule has 0 fully saturated rings. The van der Waals surface area contributed by atoms with E-state index in [2.05, 4.69) is 5.29 Å². The average Bonchev–Trinajstić information content (AvgIpc) is 2.46. The number of nitrogens with zero attached hydrogens (tertiary/aromatic N) is 2. The first-order valence-electron chi connectivity index (χ1n) is 5.91. The summed E-state index contributed by atoms with van der Waals surface area (Å²) in [6.45, 7) is 1.85. The molecule has 0 unspecified atom stereocenters. The van der Waals surface area contributed by atoms with Crippen LogP contribution in [-0.4, -0.2) is 12.8 Å². The van der Waals surface area contributed by atoms with Gasteiger partial charge >= 0.3 is 0 Å². The van der Waals surface area contributed by atoms with E-state index in [0.29, 0.717) is 16.8 Å². The molecule has 0 aliphatic carbocycles. The van der Waals surface area contributed by atoms with Gasteiger partial charge in [-0.3, -0.25) is 4.79 Å². The molecule has 19 heavy (non-hydrogen) atoms. The number of nitroso groups, excluding NO2 is 1. The van der Waals surface area contributed by atoms with Crippen LogP contribution in [0.25, 0.3) is 0 Å². The molecule has 0 aliphatic rings. The first-order chi connectivity index (χ1) is 9.15. The van der Waals surface area contributed by atoms with Crippen molar-refractivity contribution in [3.63, 3.8) is 0 Å². The molecule has 0 amide bonds. The van der Waals surface area contributed by atoms with Gasteiger partial charge in [0.15, 0.2) is 5.78 Å². The second-order valence-corrected chi connectivity index (χ2v) is 4.27. The largest absolute Gasteiger partial charge is 0.289 e. The number of rotatable bonds is 4. The van der Waals surface area contributed by atoms with Crippen LogP contribution in [0.2, 0.25) is 0 Å². The Morgan fingerprint density at radius 2 is 1.74 bits per heavy atom. The van der Waals surface area contributed by atoms with Crippen molar-refractivity contribution in [1.29, 1.82) is 0 Å². The number of anilines is 1. The molecule has 2 aromatic carbocycles. The number of carbonyl (C=O) groups excluding carboxylic acids is 1. The number of benzene rings is 2. The van der Waals surface area contributed by atoms with Gasteiger partial charge in [0.05, 0.1) is 11.0 Å². The van der Waals surface area contributed by atoms with Crippen molar-refractivity contribution in [2.24, 2.45) is 5.29 Å². The van der Waals surface area contributed by atoms with Gasteiger partial charge in [0.2, 0.25) is 0 Å². The minimum atomic E-state index is -0.116. The van der Waals surface area contributed by atoms with E-state index in [1.807, 2.05) is 31.2 Å². The lowest BCUT2D eigenvalue weighted by Crippen LogP contribution is -2.14. The summed E-state index contributed by atoms with van der Waals surface area (Å²) in [4.78, 5) is 23.2. The molecular weight excluding hydrogens is 240 g/mol. The second-order valence-electron chi connectivity index (χ2n) is 4.27. The summed E-state index contributed by atoms with van der Waals surface area (Å²) < 4.78 is 0.